The smallest absolute Gasteiger partial charge is 0.325 e. The van der Waals surface area contributed by atoms with Crippen molar-refractivity contribution in [3.8, 4) is 0 Å². The quantitative estimate of drug-likeness (QED) is 0.844. The molecule has 0 radical (unpaired) electrons. The van der Waals surface area contributed by atoms with Crippen LogP contribution in [0.2, 0.25) is 0 Å². The van der Waals surface area contributed by atoms with Gasteiger partial charge in [0.25, 0.3) is 0 Å². The molecule has 0 fully saturated rings. The molecule has 3 heteroatoms. The summed E-state index contributed by atoms with van der Waals surface area (Å²) in [6, 6.07) is 1.88. The maximum absolute atomic E-state index is 11.5. The van der Waals surface area contributed by atoms with E-state index in [0.29, 0.717) is 0 Å². The van der Waals surface area contributed by atoms with Gasteiger partial charge in [-0.25, -0.2) is 0 Å². The molecular weight excluding hydrogens is 226 g/mol. The summed E-state index contributed by atoms with van der Waals surface area (Å²) in [5.74, 6) is -0.775. The van der Waals surface area contributed by atoms with Gasteiger partial charge in [-0.15, -0.1) is 0 Å². The van der Waals surface area contributed by atoms with E-state index in [1.54, 1.807) is 0 Å². The van der Waals surface area contributed by atoms with Crippen LogP contribution in [-0.4, -0.2) is 17.1 Å². The first-order valence-electron chi connectivity index (χ1n) is 6.54. The van der Waals surface area contributed by atoms with Crippen molar-refractivity contribution >= 4 is 5.97 Å². The molecule has 0 aromatic heterocycles. The molecule has 0 saturated heterocycles. The largest absolute Gasteiger partial charge is 0.480 e. The van der Waals surface area contributed by atoms with Crippen LogP contribution in [0.5, 0.6) is 0 Å². The molecule has 18 heavy (non-hydrogen) atoms. The van der Waals surface area contributed by atoms with Gasteiger partial charge in [0, 0.05) is 6.04 Å². The van der Waals surface area contributed by atoms with Gasteiger partial charge in [-0.2, -0.15) is 0 Å². The summed E-state index contributed by atoms with van der Waals surface area (Å²) in [5.41, 5.74) is 5.74. The Hall–Kier alpha value is -1.35. The highest BCUT2D eigenvalue weighted by molar-refractivity contribution is 5.78. The van der Waals surface area contributed by atoms with E-state index in [1.807, 2.05) is 13.8 Å². The molecule has 1 aromatic carbocycles. The lowest BCUT2D eigenvalue weighted by Gasteiger charge is -2.33. The zero-order chi connectivity index (χ0) is 13.4. The van der Waals surface area contributed by atoms with E-state index in [4.69, 9.17) is 0 Å². The molecule has 1 aliphatic rings. The highest BCUT2D eigenvalue weighted by Crippen LogP contribution is 2.33. The molecule has 0 spiro atoms. The normalized spacial score (nSPS) is 22.7. The number of hydrogen-bond acceptors (Lipinski definition) is 2. The van der Waals surface area contributed by atoms with Gasteiger partial charge in [0.15, 0.2) is 0 Å². The number of carboxylic acids is 1. The molecule has 0 amide bonds. The van der Waals surface area contributed by atoms with Gasteiger partial charge in [-0.1, -0.05) is 13.0 Å². The lowest BCUT2D eigenvalue weighted by Crippen LogP contribution is -2.43. The number of nitrogens with one attached hydrogen (secondary N) is 1. The summed E-state index contributed by atoms with van der Waals surface area (Å²) in [6.07, 6.45) is 1.89. The van der Waals surface area contributed by atoms with Crippen molar-refractivity contribution in [3.63, 3.8) is 0 Å². The van der Waals surface area contributed by atoms with E-state index in [9.17, 15) is 9.90 Å². The number of hydrogen-bond donors (Lipinski definition) is 2. The average Bonchev–Trinajstić information content (AvgIpc) is 2.34. The molecule has 0 aliphatic carbocycles. The lowest BCUT2D eigenvalue weighted by atomic mass is 9.82. The fourth-order valence-corrected chi connectivity index (χ4v) is 2.91. The second-order valence-corrected chi connectivity index (χ2v) is 5.27. The number of rotatable bonds is 2. The number of carboxylic acid groups (broad SMARTS) is 1. The third-order valence-corrected chi connectivity index (χ3v) is 4.11. The predicted molar refractivity (Wildman–Crippen MR) is 71.9 cm³/mol. The summed E-state index contributed by atoms with van der Waals surface area (Å²) < 4.78 is 0. The first-order chi connectivity index (χ1) is 8.45. The monoisotopic (exact) mass is 247 g/mol. The van der Waals surface area contributed by atoms with Crippen LogP contribution in [0.3, 0.4) is 0 Å². The molecule has 2 unspecified atom stereocenters. The van der Waals surface area contributed by atoms with Crippen molar-refractivity contribution in [1.82, 2.24) is 5.32 Å². The maximum atomic E-state index is 11.5. The van der Waals surface area contributed by atoms with Gasteiger partial charge in [0.05, 0.1) is 0 Å². The Morgan fingerprint density at radius 2 is 2.06 bits per heavy atom. The van der Waals surface area contributed by atoms with Crippen LogP contribution in [0, 0.1) is 20.8 Å². The Bertz CT molecular complexity index is 494. The van der Waals surface area contributed by atoms with E-state index >= 15 is 0 Å². The van der Waals surface area contributed by atoms with Crippen LogP contribution in [0.1, 0.15) is 47.2 Å². The molecule has 98 valence electrons. The zero-order valence-electron chi connectivity index (χ0n) is 11.5. The van der Waals surface area contributed by atoms with Gasteiger partial charge in [0.1, 0.15) is 6.04 Å². The van der Waals surface area contributed by atoms with Crippen LogP contribution < -0.4 is 5.32 Å². The van der Waals surface area contributed by atoms with Crippen molar-refractivity contribution < 1.29 is 9.90 Å². The molecule has 1 heterocycles. The fourth-order valence-electron chi connectivity index (χ4n) is 2.91. The van der Waals surface area contributed by atoms with Gasteiger partial charge >= 0.3 is 5.97 Å². The topological polar surface area (TPSA) is 49.3 Å². The van der Waals surface area contributed by atoms with Crippen molar-refractivity contribution in [3.05, 3.63) is 33.9 Å². The van der Waals surface area contributed by atoms with Crippen LogP contribution in [0.25, 0.3) is 0 Å². The molecule has 2 atom stereocenters. The average molecular weight is 247 g/mol. The molecule has 2 N–H and O–H groups in total. The summed E-state index contributed by atoms with van der Waals surface area (Å²) >= 11 is 0. The van der Waals surface area contributed by atoms with E-state index in [0.717, 1.165) is 24.0 Å². The molecule has 0 bridgehead atoms. The summed E-state index contributed by atoms with van der Waals surface area (Å²) in [6.45, 7) is 8.26. The Morgan fingerprint density at radius 3 is 2.61 bits per heavy atom. The number of aliphatic carboxylic acids is 1. The van der Waals surface area contributed by atoms with Crippen LogP contribution in [0.4, 0.5) is 0 Å². The molecule has 2 rings (SSSR count). The minimum absolute atomic E-state index is 0.263. The summed E-state index contributed by atoms with van der Waals surface area (Å²) in [4.78, 5) is 11.5. The molecule has 1 aromatic rings. The Morgan fingerprint density at radius 1 is 1.39 bits per heavy atom. The molecule has 3 nitrogen and oxygen atoms in total. The minimum atomic E-state index is -0.775. The standard InChI is InChI=1S/C15H21NO2/c1-5-11-7-12-9(3)6-8(2)10(4)13(12)14(16-11)15(17)18/h6,11,14,16H,5,7H2,1-4H3,(H,17,18). The minimum Gasteiger partial charge on any atom is -0.480 e. The van der Waals surface area contributed by atoms with E-state index in [1.165, 1.54) is 16.7 Å². The third-order valence-electron chi connectivity index (χ3n) is 4.11. The van der Waals surface area contributed by atoms with Crippen LogP contribution in [-0.2, 0) is 11.2 Å². The predicted octanol–water partition coefficient (Wildman–Crippen LogP) is 2.66. The second-order valence-electron chi connectivity index (χ2n) is 5.27. The van der Waals surface area contributed by atoms with E-state index in [2.05, 4.69) is 25.2 Å². The number of carbonyl (C=O) groups is 1. The van der Waals surface area contributed by atoms with Gasteiger partial charge < -0.3 is 5.11 Å². The first kappa shape index (κ1) is 13.1. The SMILES string of the molecule is CCC1Cc2c(C)cc(C)c(C)c2C(C(=O)O)N1. The van der Waals surface area contributed by atoms with E-state index < -0.39 is 12.0 Å². The third kappa shape index (κ3) is 2.03. The molecule has 1 aliphatic heterocycles. The lowest BCUT2D eigenvalue weighted by molar-refractivity contribution is -0.140. The highest BCUT2D eigenvalue weighted by atomic mass is 16.4. The highest BCUT2D eigenvalue weighted by Gasteiger charge is 2.32. The fraction of sp³-hybridized carbons (Fsp3) is 0.533. The first-order valence-corrected chi connectivity index (χ1v) is 6.54. The number of fused-ring (bicyclic) bond motifs is 1. The van der Waals surface area contributed by atoms with Gasteiger partial charge in [-0.3, -0.25) is 10.1 Å². The van der Waals surface area contributed by atoms with Crippen molar-refractivity contribution in [2.24, 2.45) is 0 Å². The summed E-state index contributed by atoms with van der Waals surface area (Å²) in [7, 11) is 0. The van der Waals surface area contributed by atoms with Crippen molar-refractivity contribution in [2.75, 3.05) is 0 Å². The van der Waals surface area contributed by atoms with Crippen molar-refractivity contribution in [2.45, 2.75) is 52.6 Å². The second kappa shape index (κ2) is 4.73. The Kier molecular flexibility index (Phi) is 3.44. The van der Waals surface area contributed by atoms with Crippen LogP contribution >= 0.6 is 0 Å². The molecular formula is C15H21NO2. The summed E-state index contributed by atoms with van der Waals surface area (Å²) in [5, 5.41) is 12.7. The Labute approximate surface area is 108 Å². The van der Waals surface area contributed by atoms with Gasteiger partial charge in [0.2, 0.25) is 0 Å². The van der Waals surface area contributed by atoms with E-state index in [-0.39, 0.29) is 6.04 Å². The number of benzene rings is 1. The Balaban J connectivity index is 2.62. The van der Waals surface area contributed by atoms with Crippen LogP contribution in [0.15, 0.2) is 6.07 Å². The number of aryl methyl sites for hydroxylation is 2. The molecule has 0 saturated carbocycles. The maximum Gasteiger partial charge on any atom is 0.325 e. The van der Waals surface area contributed by atoms with Crippen molar-refractivity contribution in [1.29, 1.82) is 0 Å². The van der Waals surface area contributed by atoms with Gasteiger partial charge in [-0.05, 0) is 61.4 Å². The zero-order valence-corrected chi connectivity index (χ0v) is 11.5.